The number of nitrogens with zero attached hydrogens (tertiary/aromatic N) is 1. The number of esters is 1. The highest BCUT2D eigenvalue weighted by Gasteiger charge is 2.35. The minimum Gasteiger partial charge on any atom is -0.463 e. The van der Waals surface area contributed by atoms with Gasteiger partial charge in [0.05, 0.1) is 18.2 Å². The zero-order valence-electron chi connectivity index (χ0n) is 18.1. The Morgan fingerprint density at radius 1 is 1.17 bits per heavy atom. The largest absolute Gasteiger partial charge is 0.463 e. The number of allylic oxidation sites excluding steroid dienone is 1. The first-order chi connectivity index (χ1) is 13.6. The van der Waals surface area contributed by atoms with Crippen LogP contribution in [0.4, 0.5) is 10.5 Å². The SMILES string of the molecule is CCOC(=O)C1=C(C)N(CC)C(=O)N[C@H]1c1ccc(NC(=O)CC(C)(C)C)cc1. The van der Waals surface area contributed by atoms with Crippen LogP contribution in [0.3, 0.4) is 0 Å². The van der Waals surface area contributed by atoms with Gasteiger partial charge < -0.3 is 15.4 Å². The summed E-state index contributed by atoms with van der Waals surface area (Å²) < 4.78 is 5.22. The molecule has 0 spiro atoms. The smallest absolute Gasteiger partial charge is 0.338 e. The van der Waals surface area contributed by atoms with E-state index in [1.54, 1.807) is 38.1 Å². The molecule has 0 aliphatic carbocycles. The lowest BCUT2D eigenvalue weighted by molar-refractivity contribution is -0.139. The molecule has 0 unspecified atom stereocenters. The number of urea groups is 1. The fourth-order valence-corrected chi connectivity index (χ4v) is 3.33. The Kier molecular flexibility index (Phi) is 7.06. The molecular weight excluding hydrogens is 370 g/mol. The molecule has 1 atom stereocenters. The van der Waals surface area contributed by atoms with Gasteiger partial charge in [-0.05, 0) is 43.9 Å². The number of hydrogen-bond donors (Lipinski definition) is 2. The third-order valence-corrected chi connectivity index (χ3v) is 4.63. The van der Waals surface area contributed by atoms with Gasteiger partial charge in [-0.15, -0.1) is 0 Å². The number of nitrogens with one attached hydrogen (secondary N) is 2. The first-order valence-electron chi connectivity index (χ1n) is 9.93. The van der Waals surface area contributed by atoms with Gasteiger partial charge in [-0.25, -0.2) is 9.59 Å². The first-order valence-corrected chi connectivity index (χ1v) is 9.93. The van der Waals surface area contributed by atoms with Gasteiger partial charge in [-0.1, -0.05) is 32.9 Å². The number of ether oxygens (including phenoxy) is 1. The number of rotatable bonds is 6. The average Bonchev–Trinajstić information content (AvgIpc) is 2.60. The van der Waals surface area contributed by atoms with Crippen LogP contribution in [0.5, 0.6) is 0 Å². The summed E-state index contributed by atoms with van der Waals surface area (Å²) in [5.74, 6) is -0.506. The zero-order valence-corrected chi connectivity index (χ0v) is 18.1. The Labute approximate surface area is 172 Å². The van der Waals surface area contributed by atoms with Crippen molar-refractivity contribution >= 4 is 23.6 Å². The molecule has 0 saturated heterocycles. The van der Waals surface area contributed by atoms with Crippen molar-refractivity contribution in [2.24, 2.45) is 5.41 Å². The number of amides is 3. The highest BCUT2D eigenvalue weighted by molar-refractivity contribution is 5.95. The van der Waals surface area contributed by atoms with Crippen LogP contribution in [0, 0.1) is 5.41 Å². The van der Waals surface area contributed by atoms with Gasteiger partial charge in [-0.3, -0.25) is 9.69 Å². The van der Waals surface area contributed by atoms with E-state index in [9.17, 15) is 14.4 Å². The van der Waals surface area contributed by atoms with E-state index in [4.69, 9.17) is 4.74 Å². The van der Waals surface area contributed by atoms with E-state index in [2.05, 4.69) is 10.6 Å². The zero-order chi connectivity index (χ0) is 21.8. The fourth-order valence-electron chi connectivity index (χ4n) is 3.33. The van der Waals surface area contributed by atoms with Gasteiger partial charge in [0, 0.05) is 24.4 Å². The quantitative estimate of drug-likeness (QED) is 0.706. The van der Waals surface area contributed by atoms with Gasteiger partial charge in [0.1, 0.15) is 0 Å². The lowest BCUT2D eigenvalue weighted by Gasteiger charge is -2.34. The molecule has 2 rings (SSSR count). The van der Waals surface area contributed by atoms with Crippen molar-refractivity contribution in [2.75, 3.05) is 18.5 Å². The molecule has 1 aromatic rings. The highest BCUT2D eigenvalue weighted by atomic mass is 16.5. The molecular formula is C22H31N3O4. The second-order valence-electron chi connectivity index (χ2n) is 8.25. The van der Waals surface area contributed by atoms with E-state index in [0.29, 0.717) is 29.9 Å². The molecule has 29 heavy (non-hydrogen) atoms. The summed E-state index contributed by atoms with van der Waals surface area (Å²) in [7, 11) is 0. The lowest BCUT2D eigenvalue weighted by Crippen LogP contribution is -2.47. The van der Waals surface area contributed by atoms with Crippen molar-refractivity contribution in [2.45, 2.75) is 54.0 Å². The summed E-state index contributed by atoms with van der Waals surface area (Å²) in [6.45, 7) is 12.1. The second kappa shape index (κ2) is 9.11. The maximum absolute atomic E-state index is 12.6. The molecule has 7 nitrogen and oxygen atoms in total. The maximum atomic E-state index is 12.6. The molecule has 1 aliphatic heterocycles. The predicted molar refractivity (Wildman–Crippen MR) is 112 cm³/mol. The Hall–Kier alpha value is -2.83. The monoisotopic (exact) mass is 401 g/mol. The molecule has 7 heteroatoms. The molecule has 1 aliphatic rings. The first kappa shape index (κ1) is 22.5. The minimum absolute atomic E-state index is 0.0576. The van der Waals surface area contributed by atoms with E-state index < -0.39 is 12.0 Å². The van der Waals surface area contributed by atoms with Gasteiger partial charge in [0.25, 0.3) is 0 Å². The molecule has 3 amide bonds. The van der Waals surface area contributed by atoms with Gasteiger partial charge in [-0.2, -0.15) is 0 Å². The van der Waals surface area contributed by atoms with E-state index in [1.807, 2.05) is 27.7 Å². The van der Waals surface area contributed by atoms with Crippen LogP contribution in [0.1, 0.15) is 59.6 Å². The van der Waals surface area contributed by atoms with Crippen molar-refractivity contribution in [3.63, 3.8) is 0 Å². The van der Waals surface area contributed by atoms with E-state index in [-0.39, 0.29) is 24.0 Å². The van der Waals surface area contributed by atoms with Gasteiger partial charge >= 0.3 is 12.0 Å². The second-order valence-corrected chi connectivity index (χ2v) is 8.25. The Morgan fingerprint density at radius 2 is 1.79 bits per heavy atom. The van der Waals surface area contributed by atoms with E-state index >= 15 is 0 Å². The third kappa shape index (κ3) is 5.59. The standard InChI is InChI=1S/C22H31N3O4/c1-7-25-14(3)18(20(27)29-8-2)19(24-21(25)28)15-9-11-16(12-10-15)23-17(26)13-22(4,5)6/h9-12,19H,7-8,13H2,1-6H3,(H,23,26)(H,24,28)/t19-/m0/s1. The molecule has 2 N–H and O–H groups in total. The molecule has 158 valence electrons. The lowest BCUT2D eigenvalue weighted by atomic mass is 9.92. The molecule has 0 aromatic heterocycles. The van der Waals surface area contributed by atoms with E-state index in [0.717, 1.165) is 5.56 Å². The van der Waals surface area contributed by atoms with Crippen molar-refractivity contribution in [3.8, 4) is 0 Å². The summed E-state index contributed by atoms with van der Waals surface area (Å²) in [6.07, 6.45) is 0.412. The molecule has 0 bridgehead atoms. The van der Waals surface area contributed by atoms with Crippen LogP contribution in [-0.4, -0.2) is 36.0 Å². The number of anilines is 1. The molecule has 0 saturated carbocycles. The van der Waals surface area contributed by atoms with Gasteiger partial charge in [0.15, 0.2) is 0 Å². The molecule has 1 heterocycles. The summed E-state index contributed by atoms with van der Waals surface area (Å²) in [4.78, 5) is 38.7. The Balaban J connectivity index is 2.29. The third-order valence-electron chi connectivity index (χ3n) is 4.63. The average molecular weight is 402 g/mol. The van der Waals surface area contributed by atoms with Crippen LogP contribution in [0.15, 0.2) is 35.5 Å². The molecule has 1 aromatic carbocycles. The Morgan fingerprint density at radius 3 is 2.31 bits per heavy atom. The number of carbonyl (C=O) groups is 3. The van der Waals surface area contributed by atoms with E-state index in [1.165, 1.54) is 4.90 Å². The predicted octanol–water partition coefficient (Wildman–Crippen LogP) is 3.98. The number of benzene rings is 1. The van der Waals surface area contributed by atoms with Crippen LogP contribution in [0.25, 0.3) is 0 Å². The molecule has 0 fully saturated rings. The van der Waals surface area contributed by atoms with Crippen molar-refractivity contribution in [3.05, 3.63) is 41.1 Å². The topological polar surface area (TPSA) is 87.7 Å². The van der Waals surface area contributed by atoms with Crippen LogP contribution in [-0.2, 0) is 14.3 Å². The summed E-state index contributed by atoms with van der Waals surface area (Å²) in [5.41, 5.74) is 2.31. The van der Waals surface area contributed by atoms with Gasteiger partial charge in [0.2, 0.25) is 5.91 Å². The van der Waals surface area contributed by atoms with Crippen molar-refractivity contribution < 1.29 is 19.1 Å². The van der Waals surface area contributed by atoms with Crippen LogP contribution >= 0.6 is 0 Å². The number of carbonyl (C=O) groups excluding carboxylic acids is 3. The highest BCUT2D eigenvalue weighted by Crippen LogP contribution is 2.32. The summed E-state index contributed by atoms with van der Waals surface area (Å²) >= 11 is 0. The summed E-state index contributed by atoms with van der Waals surface area (Å²) in [5, 5.41) is 5.76. The maximum Gasteiger partial charge on any atom is 0.338 e. The van der Waals surface area contributed by atoms with Crippen LogP contribution in [0.2, 0.25) is 0 Å². The summed E-state index contributed by atoms with van der Waals surface area (Å²) in [6, 6.07) is 6.27. The molecule has 0 radical (unpaired) electrons. The number of hydrogen-bond acceptors (Lipinski definition) is 4. The van der Waals surface area contributed by atoms with Crippen molar-refractivity contribution in [1.29, 1.82) is 0 Å². The van der Waals surface area contributed by atoms with Crippen LogP contribution < -0.4 is 10.6 Å². The Bertz CT molecular complexity index is 806. The van der Waals surface area contributed by atoms with Crippen molar-refractivity contribution in [1.82, 2.24) is 10.2 Å². The fraction of sp³-hybridized carbons (Fsp3) is 0.500. The minimum atomic E-state index is -0.608. The normalized spacial score (nSPS) is 17.1.